The van der Waals surface area contributed by atoms with Crippen molar-refractivity contribution in [3.05, 3.63) is 0 Å². The Morgan fingerprint density at radius 1 is 0.448 bits per heavy atom. The van der Waals surface area contributed by atoms with Crippen LogP contribution in [0.4, 0.5) is 0 Å². The van der Waals surface area contributed by atoms with Crippen molar-refractivity contribution in [1.82, 2.24) is 0 Å². The third kappa shape index (κ3) is 33.6. The summed E-state index contributed by atoms with van der Waals surface area (Å²) in [6.07, 6.45) is 9.09. The molecule has 22 nitrogen and oxygen atoms in total. The van der Waals surface area contributed by atoms with E-state index in [1.54, 1.807) is 0 Å². The van der Waals surface area contributed by atoms with Gasteiger partial charge in [-0.2, -0.15) is 0 Å². The molecule has 0 heterocycles. The molecule has 67 heavy (non-hydrogen) atoms. The van der Waals surface area contributed by atoms with E-state index in [1.807, 2.05) is 0 Å². The number of phosphoric ester groups is 4. The fourth-order valence-electron chi connectivity index (χ4n) is 7.65. The van der Waals surface area contributed by atoms with Crippen LogP contribution in [-0.4, -0.2) is 92.8 Å². The average Bonchev–Trinajstić information content (AvgIpc) is 3.22. The summed E-state index contributed by atoms with van der Waals surface area (Å²) in [5.41, 5.74) is 0. The van der Waals surface area contributed by atoms with Crippen molar-refractivity contribution < 1.29 is 104 Å². The predicted octanol–water partition coefficient (Wildman–Crippen LogP) is 5.55. The molecule has 1 aliphatic rings. The van der Waals surface area contributed by atoms with E-state index >= 15 is 0 Å². The molecule has 0 aromatic heterocycles. The fraction of sp³-hybridized carbons (Fsp3) is 0.951. The Balaban J connectivity index is 2.91. The Morgan fingerprint density at radius 3 is 1.10 bits per heavy atom. The normalized spacial score (nSPS) is 23.9. The summed E-state index contributed by atoms with van der Waals surface area (Å²) in [7, 11) is -24.2. The van der Waals surface area contributed by atoms with Crippen molar-refractivity contribution in [3.8, 4) is 0 Å². The first-order chi connectivity index (χ1) is 31.5. The Bertz CT molecular complexity index is 1480. The van der Waals surface area contributed by atoms with E-state index in [-0.39, 0.29) is 12.8 Å². The van der Waals surface area contributed by atoms with Crippen LogP contribution < -0.4 is 19.6 Å². The molecule has 7 unspecified atom stereocenters. The van der Waals surface area contributed by atoms with E-state index in [0.29, 0.717) is 19.3 Å². The minimum atomic E-state index is -6.08. The molecule has 0 aromatic carbocycles. The second kappa shape index (κ2) is 35.4. The van der Waals surface area contributed by atoms with E-state index < -0.39 is 99.2 Å². The third-order valence-electron chi connectivity index (χ3n) is 11.1. The van der Waals surface area contributed by atoms with Gasteiger partial charge < -0.3 is 76.6 Å². The first kappa shape index (κ1) is 64.3. The van der Waals surface area contributed by atoms with E-state index in [4.69, 9.17) is 18.5 Å². The molecule has 26 heteroatoms. The molecule has 398 valence electrons. The van der Waals surface area contributed by atoms with E-state index in [1.165, 1.54) is 89.9 Å². The van der Waals surface area contributed by atoms with Gasteiger partial charge in [0, 0.05) is 12.8 Å². The Hall–Kier alpha value is -0.700. The van der Waals surface area contributed by atoms with Crippen LogP contribution >= 0.6 is 31.3 Å². The van der Waals surface area contributed by atoms with Crippen molar-refractivity contribution in [3.63, 3.8) is 0 Å². The molecule has 0 saturated heterocycles. The van der Waals surface area contributed by atoms with Crippen LogP contribution in [0, 0.1) is 0 Å². The number of aliphatic hydroxyl groups excluding tert-OH is 2. The number of unbranched alkanes of at least 4 members (excludes halogenated alkanes) is 24. The van der Waals surface area contributed by atoms with Gasteiger partial charge in [-0.3, -0.25) is 27.8 Å². The van der Waals surface area contributed by atoms with Crippen molar-refractivity contribution >= 4 is 43.2 Å². The van der Waals surface area contributed by atoms with Crippen molar-refractivity contribution in [2.24, 2.45) is 0 Å². The minimum Gasteiger partial charge on any atom is -0.756 e. The minimum absolute atomic E-state index is 0.0163. The fourth-order valence-corrected chi connectivity index (χ4v) is 10.3. The molecule has 0 bridgehead atoms. The zero-order chi connectivity index (χ0) is 50.4. The summed E-state index contributed by atoms with van der Waals surface area (Å²) >= 11 is 0. The Morgan fingerprint density at radius 2 is 0.761 bits per heavy atom. The van der Waals surface area contributed by atoms with Gasteiger partial charge in [0.05, 0.1) is 6.61 Å². The zero-order valence-corrected chi connectivity index (χ0v) is 42.8. The quantitative estimate of drug-likeness (QED) is 0.0284. The second-order valence-electron chi connectivity index (χ2n) is 17.2. The maximum absolute atomic E-state index is 13.1. The average molecular weight is 1050 g/mol. The van der Waals surface area contributed by atoms with Crippen LogP contribution in [0.3, 0.4) is 0 Å². The molecule has 1 saturated carbocycles. The van der Waals surface area contributed by atoms with Crippen LogP contribution in [0.5, 0.6) is 0 Å². The van der Waals surface area contributed by atoms with Crippen molar-refractivity contribution in [2.75, 3.05) is 13.2 Å². The Labute approximate surface area is 396 Å². The summed E-state index contributed by atoms with van der Waals surface area (Å²) in [4.78, 5) is 101. The molecule has 0 radical (unpaired) electrons. The van der Waals surface area contributed by atoms with Crippen LogP contribution in [-0.2, 0) is 59.9 Å². The lowest BCUT2D eigenvalue weighted by Gasteiger charge is -2.49. The molecule has 1 fully saturated rings. The van der Waals surface area contributed by atoms with Crippen LogP contribution in [0.2, 0.25) is 0 Å². The lowest BCUT2D eigenvalue weighted by atomic mass is 9.85. The van der Waals surface area contributed by atoms with Gasteiger partial charge in [0.2, 0.25) is 0 Å². The van der Waals surface area contributed by atoms with Gasteiger partial charge in [0.25, 0.3) is 31.3 Å². The van der Waals surface area contributed by atoms with Gasteiger partial charge >= 0.3 is 11.9 Å². The number of aliphatic hydroxyl groups is 2. The number of rotatable bonds is 42. The number of phosphoric acid groups is 4. The lowest BCUT2D eigenvalue weighted by molar-refractivity contribution is -0.286. The summed E-state index contributed by atoms with van der Waals surface area (Å²) in [5.74, 6) is -1.46. The highest BCUT2D eigenvalue weighted by Gasteiger charge is 2.56. The van der Waals surface area contributed by atoms with Gasteiger partial charge in [0.1, 0.15) is 43.2 Å². The van der Waals surface area contributed by atoms with Crippen LogP contribution in [0.25, 0.3) is 0 Å². The highest BCUT2D eigenvalue weighted by atomic mass is 31.2. The largest absolute Gasteiger partial charge is 0.756 e. The zero-order valence-electron chi connectivity index (χ0n) is 39.2. The third-order valence-corrected chi connectivity index (χ3v) is 13.6. The number of carbonyl (C=O) groups excluding carboxylic acids is 2. The Kier molecular flexibility index (Phi) is 34.0. The topological polar surface area (TPSA) is 360 Å². The maximum atomic E-state index is 13.1. The van der Waals surface area contributed by atoms with Gasteiger partial charge in [0.15, 0.2) is 6.10 Å². The number of hydrogen-bond donors (Lipinski definition) is 5. The number of hydrogen-bond acceptors (Lipinski definition) is 19. The molecule has 1 rings (SSSR count). The number of carbonyl (C=O) groups is 2. The SMILES string of the molecule is CCCCCCCCCCCCCCCC(=O)OCC(COP(=O)([O-])OC1[C@H](O)[C@H](OP(=O)([O-])O)C(OP(=O)([O-])O)[C@H](OP(=O)([O-])O)[C@H]1O)OC(=O)CCCCCCCCCCCCCCC. The van der Waals surface area contributed by atoms with Crippen molar-refractivity contribution in [1.29, 1.82) is 0 Å². The van der Waals surface area contributed by atoms with Crippen LogP contribution in [0.1, 0.15) is 194 Å². The standard InChI is InChI=1S/C41H82O22P4/c1-3-5-7-9-11-13-15-17-19-21-23-25-27-29-34(42)57-31-33(59-35(43)30-28-26-24-22-20-18-16-14-12-10-8-6-4-2)32-58-67(55,56)63-38-36(44)39(60-64(46,47)48)41(62-66(52,53)54)40(37(38)45)61-65(49,50)51/h33,36-41,44-45H,3-32H2,1-2H3,(H,55,56)(H2,46,47,48)(H2,49,50,51)(H2,52,53,54)/p-4/t33?,36-,37-,38?,39-,40+,41?/m0/s1. The molecular formula is C41H78O22P4-4. The highest BCUT2D eigenvalue weighted by molar-refractivity contribution is 7.46. The molecule has 1 aliphatic carbocycles. The van der Waals surface area contributed by atoms with E-state index in [2.05, 4.69) is 27.4 Å². The molecule has 11 atom stereocenters. The van der Waals surface area contributed by atoms with Crippen molar-refractivity contribution in [2.45, 2.75) is 236 Å². The smallest absolute Gasteiger partial charge is 0.306 e. The molecule has 0 amide bonds. The molecule has 0 aliphatic heterocycles. The number of esters is 2. The van der Waals surface area contributed by atoms with Crippen LogP contribution in [0.15, 0.2) is 0 Å². The van der Waals surface area contributed by atoms with Gasteiger partial charge in [-0.25, -0.2) is 0 Å². The van der Waals surface area contributed by atoms with Gasteiger partial charge in [-0.15, -0.1) is 0 Å². The monoisotopic (exact) mass is 1050 g/mol. The second-order valence-corrected chi connectivity index (χ2v) is 22.0. The van der Waals surface area contributed by atoms with E-state index in [0.717, 1.165) is 57.8 Å². The first-order valence-corrected chi connectivity index (χ1v) is 29.9. The summed E-state index contributed by atoms with van der Waals surface area (Å²) < 4.78 is 80.5. The maximum Gasteiger partial charge on any atom is 0.306 e. The molecule has 0 aromatic rings. The summed E-state index contributed by atoms with van der Waals surface area (Å²) in [6, 6.07) is 0. The van der Waals surface area contributed by atoms with Gasteiger partial charge in [-0.1, -0.05) is 168 Å². The molecule has 0 spiro atoms. The summed E-state index contributed by atoms with van der Waals surface area (Å²) in [6.45, 7) is 2.60. The lowest BCUT2D eigenvalue weighted by Crippen LogP contribution is -2.66. The summed E-state index contributed by atoms with van der Waals surface area (Å²) in [5, 5.41) is 21.6. The first-order valence-electron chi connectivity index (χ1n) is 24.0. The van der Waals surface area contributed by atoms with E-state index in [9.17, 15) is 72.3 Å². The highest BCUT2D eigenvalue weighted by Crippen LogP contribution is 2.50. The van der Waals surface area contributed by atoms with Gasteiger partial charge in [-0.05, 0) is 12.8 Å². The number of ether oxygens (including phenoxy) is 2. The molecular weight excluding hydrogens is 968 g/mol. The predicted molar refractivity (Wildman–Crippen MR) is 236 cm³/mol. The molecule has 5 N–H and O–H groups in total.